The Labute approximate surface area is 125 Å². The van der Waals surface area contributed by atoms with Crippen molar-refractivity contribution in [3.63, 3.8) is 0 Å². The molecule has 0 saturated carbocycles. The molecule has 4 heteroatoms. The van der Waals surface area contributed by atoms with Crippen LogP contribution in [0.5, 0.6) is 5.75 Å². The normalized spacial score (nSPS) is 10.2. The predicted molar refractivity (Wildman–Crippen MR) is 84.9 cm³/mol. The minimum atomic E-state index is -0.0703. The molecule has 2 rings (SSSR count). The second kappa shape index (κ2) is 6.79. The van der Waals surface area contributed by atoms with Crippen LogP contribution >= 0.6 is 0 Å². The van der Waals surface area contributed by atoms with Crippen LogP contribution in [0.4, 0.5) is 5.69 Å². The van der Waals surface area contributed by atoms with Crippen molar-refractivity contribution in [1.82, 2.24) is 5.32 Å². The van der Waals surface area contributed by atoms with E-state index >= 15 is 0 Å². The number of carbonyl (C=O) groups is 1. The van der Waals surface area contributed by atoms with Gasteiger partial charge >= 0.3 is 0 Å². The van der Waals surface area contributed by atoms with Gasteiger partial charge in [-0.3, -0.25) is 4.79 Å². The van der Waals surface area contributed by atoms with Crippen LogP contribution in [0.15, 0.2) is 48.5 Å². The number of anilines is 1. The molecular weight excluding hydrogens is 264 g/mol. The number of carbonyl (C=O) groups excluding carboxylic acids is 1. The summed E-state index contributed by atoms with van der Waals surface area (Å²) in [5.41, 5.74) is 2.80. The van der Waals surface area contributed by atoms with Gasteiger partial charge in [0, 0.05) is 31.9 Å². The fourth-order valence-corrected chi connectivity index (χ4v) is 2.00. The van der Waals surface area contributed by atoms with Crippen LogP contribution in [0.2, 0.25) is 0 Å². The van der Waals surface area contributed by atoms with Gasteiger partial charge in [-0.05, 0) is 48.4 Å². The van der Waals surface area contributed by atoms with Gasteiger partial charge in [0.05, 0.1) is 0 Å². The lowest BCUT2D eigenvalue weighted by Crippen LogP contribution is -2.25. The first-order valence-electron chi connectivity index (χ1n) is 6.90. The molecule has 0 spiro atoms. The summed E-state index contributed by atoms with van der Waals surface area (Å²) in [6.45, 7) is 0.568. The monoisotopic (exact) mass is 284 g/mol. The van der Waals surface area contributed by atoms with Gasteiger partial charge in [0.1, 0.15) is 5.75 Å². The molecule has 0 saturated heterocycles. The summed E-state index contributed by atoms with van der Waals surface area (Å²) in [7, 11) is 3.93. The number of phenolic OH excluding ortho intramolecular Hbond substituents is 1. The SMILES string of the molecule is CN(C)c1ccc(C(=O)NCCc2ccc(O)cc2)cc1. The second-order valence-corrected chi connectivity index (χ2v) is 5.11. The third kappa shape index (κ3) is 4.24. The smallest absolute Gasteiger partial charge is 0.251 e. The topological polar surface area (TPSA) is 52.6 Å². The van der Waals surface area contributed by atoms with Crippen LogP contribution in [0.1, 0.15) is 15.9 Å². The number of hydrogen-bond acceptors (Lipinski definition) is 3. The Kier molecular flexibility index (Phi) is 4.82. The van der Waals surface area contributed by atoms with E-state index in [1.54, 1.807) is 12.1 Å². The molecule has 2 aromatic rings. The van der Waals surface area contributed by atoms with Crippen molar-refractivity contribution in [2.45, 2.75) is 6.42 Å². The Hall–Kier alpha value is -2.49. The summed E-state index contributed by atoms with van der Waals surface area (Å²) < 4.78 is 0. The standard InChI is InChI=1S/C17H20N2O2/c1-19(2)15-7-5-14(6-8-15)17(21)18-12-11-13-3-9-16(20)10-4-13/h3-10,20H,11-12H2,1-2H3,(H,18,21). The number of aromatic hydroxyl groups is 1. The number of nitrogens with zero attached hydrogens (tertiary/aromatic N) is 1. The highest BCUT2D eigenvalue weighted by Crippen LogP contribution is 2.12. The highest BCUT2D eigenvalue weighted by atomic mass is 16.3. The molecule has 0 atom stereocenters. The van der Waals surface area contributed by atoms with Crippen molar-refractivity contribution in [2.75, 3.05) is 25.5 Å². The van der Waals surface area contributed by atoms with Gasteiger partial charge < -0.3 is 15.3 Å². The molecule has 0 aromatic heterocycles. The summed E-state index contributed by atoms with van der Waals surface area (Å²) >= 11 is 0. The van der Waals surface area contributed by atoms with E-state index in [0.29, 0.717) is 12.1 Å². The Balaban J connectivity index is 1.85. The molecule has 0 aliphatic heterocycles. The van der Waals surface area contributed by atoms with Crippen molar-refractivity contribution in [3.05, 3.63) is 59.7 Å². The third-order valence-corrected chi connectivity index (χ3v) is 3.28. The first-order valence-corrected chi connectivity index (χ1v) is 6.90. The number of nitrogens with one attached hydrogen (secondary N) is 1. The van der Waals surface area contributed by atoms with Gasteiger partial charge in [-0.2, -0.15) is 0 Å². The van der Waals surface area contributed by atoms with Crippen LogP contribution in [0.25, 0.3) is 0 Å². The molecule has 0 aliphatic carbocycles. The lowest BCUT2D eigenvalue weighted by molar-refractivity contribution is 0.0954. The fourth-order valence-electron chi connectivity index (χ4n) is 2.00. The molecule has 0 radical (unpaired) electrons. The van der Waals surface area contributed by atoms with E-state index in [0.717, 1.165) is 17.7 Å². The molecule has 21 heavy (non-hydrogen) atoms. The number of amides is 1. The molecule has 0 bridgehead atoms. The van der Waals surface area contributed by atoms with Crippen LogP contribution in [-0.4, -0.2) is 31.7 Å². The third-order valence-electron chi connectivity index (χ3n) is 3.28. The van der Waals surface area contributed by atoms with Crippen molar-refractivity contribution >= 4 is 11.6 Å². The van der Waals surface area contributed by atoms with E-state index < -0.39 is 0 Å². The largest absolute Gasteiger partial charge is 0.508 e. The summed E-state index contributed by atoms with van der Waals surface area (Å²) in [6, 6.07) is 14.5. The average Bonchev–Trinajstić information content (AvgIpc) is 2.49. The highest BCUT2D eigenvalue weighted by Gasteiger charge is 2.05. The number of hydrogen-bond donors (Lipinski definition) is 2. The molecular formula is C17H20N2O2. The van der Waals surface area contributed by atoms with E-state index in [-0.39, 0.29) is 11.7 Å². The molecule has 0 aliphatic rings. The first kappa shape index (κ1) is 14.9. The van der Waals surface area contributed by atoms with E-state index in [1.807, 2.05) is 55.4 Å². The van der Waals surface area contributed by atoms with Gasteiger partial charge in [-0.25, -0.2) is 0 Å². The molecule has 0 fully saturated rings. The maximum atomic E-state index is 12.0. The quantitative estimate of drug-likeness (QED) is 0.886. The van der Waals surface area contributed by atoms with Crippen LogP contribution < -0.4 is 10.2 Å². The van der Waals surface area contributed by atoms with Crippen molar-refractivity contribution < 1.29 is 9.90 Å². The molecule has 0 heterocycles. The lowest BCUT2D eigenvalue weighted by atomic mass is 10.1. The Bertz CT molecular complexity index is 589. The highest BCUT2D eigenvalue weighted by molar-refractivity contribution is 5.94. The Morgan fingerprint density at radius 3 is 2.24 bits per heavy atom. The van der Waals surface area contributed by atoms with Gasteiger partial charge in [-0.1, -0.05) is 12.1 Å². The molecule has 110 valence electrons. The maximum absolute atomic E-state index is 12.0. The summed E-state index contributed by atoms with van der Waals surface area (Å²) in [4.78, 5) is 14.0. The summed E-state index contributed by atoms with van der Waals surface area (Å²) in [6.07, 6.45) is 0.738. The maximum Gasteiger partial charge on any atom is 0.251 e. The minimum absolute atomic E-state index is 0.0703. The Morgan fingerprint density at radius 2 is 1.67 bits per heavy atom. The number of rotatable bonds is 5. The second-order valence-electron chi connectivity index (χ2n) is 5.11. The van der Waals surface area contributed by atoms with Crippen molar-refractivity contribution in [2.24, 2.45) is 0 Å². The summed E-state index contributed by atoms with van der Waals surface area (Å²) in [5, 5.41) is 12.1. The Morgan fingerprint density at radius 1 is 1.05 bits per heavy atom. The van der Waals surface area contributed by atoms with Gasteiger partial charge in [0.15, 0.2) is 0 Å². The van der Waals surface area contributed by atoms with E-state index in [9.17, 15) is 9.90 Å². The zero-order valence-corrected chi connectivity index (χ0v) is 12.3. The number of phenols is 1. The molecule has 2 aromatic carbocycles. The zero-order chi connectivity index (χ0) is 15.2. The molecule has 1 amide bonds. The van der Waals surface area contributed by atoms with Gasteiger partial charge in [-0.15, -0.1) is 0 Å². The first-order chi connectivity index (χ1) is 10.1. The van der Waals surface area contributed by atoms with E-state index in [1.165, 1.54) is 0 Å². The van der Waals surface area contributed by atoms with Gasteiger partial charge in [0.2, 0.25) is 0 Å². The van der Waals surface area contributed by atoms with Crippen molar-refractivity contribution in [3.8, 4) is 5.75 Å². The van der Waals surface area contributed by atoms with E-state index in [2.05, 4.69) is 5.32 Å². The van der Waals surface area contributed by atoms with Crippen LogP contribution in [-0.2, 0) is 6.42 Å². The number of benzene rings is 2. The van der Waals surface area contributed by atoms with Gasteiger partial charge in [0.25, 0.3) is 5.91 Å². The average molecular weight is 284 g/mol. The van der Waals surface area contributed by atoms with Crippen LogP contribution in [0, 0.1) is 0 Å². The lowest BCUT2D eigenvalue weighted by Gasteiger charge is -2.12. The van der Waals surface area contributed by atoms with Crippen LogP contribution in [0.3, 0.4) is 0 Å². The van der Waals surface area contributed by atoms with Crippen molar-refractivity contribution in [1.29, 1.82) is 0 Å². The zero-order valence-electron chi connectivity index (χ0n) is 12.3. The minimum Gasteiger partial charge on any atom is -0.508 e. The molecule has 0 unspecified atom stereocenters. The van der Waals surface area contributed by atoms with E-state index in [4.69, 9.17) is 0 Å². The molecule has 4 nitrogen and oxygen atoms in total. The fraction of sp³-hybridized carbons (Fsp3) is 0.235. The molecule has 2 N–H and O–H groups in total. The predicted octanol–water partition coefficient (Wildman–Crippen LogP) is 2.43. The summed E-state index contributed by atoms with van der Waals surface area (Å²) in [5.74, 6) is 0.183.